The number of nitrogens with one attached hydrogen (secondary N) is 1. The van der Waals surface area contributed by atoms with Crippen LogP contribution in [0.15, 0.2) is 45.6 Å². The lowest BCUT2D eigenvalue weighted by molar-refractivity contribution is 0.555. The van der Waals surface area contributed by atoms with Crippen molar-refractivity contribution in [2.75, 3.05) is 17.7 Å². The van der Waals surface area contributed by atoms with Crippen molar-refractivity contribution in [2.24, 2.45) is 0 Å². The Morgan fingerprint density at radius 2 is 2.00 bits per heavy atom. The number of anilines is 2. The molecule has 108 valence electrons. The van der Waals surface area contributed by atoms with E-state index in [0.717, 1.165) is 11.3 Å². The van der Waals surface area contributed by atoms with E-state index in [4.69, 9.17) is 10.2 Å². The predicted molar refractivity (Wildman–Crippen MR) is 79.8 cm³/mol. The van der Waals surface area contributed by atoms with E-state index >= 15 is 0 Å². The van der Waals surface area contributed by atoms with Gasteiger partial charge in [-0.25, -0.2) is 9.18 Å². The van der Waals surface area contributed by atoms with Crippen LogP contribution in [0.25, 0.3) is 11.1 Å². The first-order valence-corrected chi connectivity index (χ1v) is 6.41. The van der Waals surface area contributed by atoms with Crippen LogP contribution in [0, 0.1) is 5.82 Å². The maximum absolute atomic E-state index is 12.9. The molecule has 0 fully saturated rings. The highest BCUT2D eigenvalue weighted by molar-refractivity contribution is 5.85. The first kappa shape index (κ1) is 13.2. The van der Waals surface area contributed by atoms with E-state index in [9.17, 15) is 9.18 Å². The van der Waals surface area contributed by atoms with Crippen molar-refractivity contribution >= 4 is 22.5 Å². The fourth-order valence-electron chi connectivity index (χ4n) is 2.28. The zero-order chi connectivity index (χ0) is 15.0. The van der Waals surface area contributed by atoms with Crippen LogP contribution >= 0.6 is 0 Å². The first-order chi connectivity index (χ1) is 10.0. The second-order valence-corrected chi connectivity index (χ2v) is 4.90. The van der Waals surface area contributed by atoms with Crippen molar-refractivity contribution in [1.82, 2.24) is 4.98 Å². The summed E-state index contributed by atoms with van der Waals surface area (Å²) in [7, 11) is 1.87. The number of nitrogen functional groups attached to an aromatic ring is 1. The highest BCUT2D eigenvalue weighted by Gasteiger charge is 2.11. The number of nitrogens with zero attached hydrogens (tertiary/aromatic N) is 1. The summed E-state index contributed by atoms with van der Waals surface area (Å²) < 4.78 is 17.9. The number of rotatable bonds is 3. The van der Waals surface area contributed by atoms with Gasteiger partial charge in [0.05, 0.1) is 16.9 Å². The van der Waals surface area contributed by atoms with E-state index in [-0.39, 0.29) is 5.82 Å². The van der Waals surface area contributed by atoms with E-state index in [1.807, 2.05) is 11.9 Å². The Morgan fingerprint density at radius 1 is 1.29 bits per heavy atom. The smallest absolute Gasteiger partial charge is 0.408 e. The molecule has 2 aromatic carbocycles. The molecule has 3 rings (SSSR count). The van der Waals surface area contributed by atoms with Crippen LogP contribution in [0.5, 0.6) is 0 Å². The molecule has 21 heavy (non-hydrogen) atoms. The molecular weight excluding hydrogens is 273 g/mol. The number of benzene rings is 2. The topological polar surface area (TPSA) is 75.3 Å². The Morgan fingerprint density at radius 3 is 2.71 bits per heavy atom. The van der Waals surface area contributed by atoms with Crippen molar-refractivity contribution in [2.45, 2.75) is 6.54 Å². The SMILES string of the molecule is CN(Cc1ccc(F)cc1)c1cc2[nH]c(=O)oc2cc1N. The van der Waals surface area contributed by atoms with Gasteiger partial charge in [-0.15, -0.1) is 0 Å². The minimum atomic E-state index is -0.511. The first-order valence-electron chi connectivity index (χ1n) is 6.41. The van der Waals surface area contributed by atoms with Gasteiger partial charge in [0.2, 0.25) is 0 Å². The molecule has 3 aromatic rings. The number of H-pyrrole nitrogens is 1. The second-order valence-electron chi connectivity index (χ2n) is 4.90. The minimum absolute atomic E-state index is 0.265. The van der Waals surface area contributed by atoms with E-state index in [1.54, 1.807) is 24.3 Å². The van der Waals surface area contributed by atoms with Crippen molar-refractivity contribution < 1.29 is 8.81 Å². The van der Waals surface area contributed by atoms with Crippen LogP contribution in [-0.2, 0) is 6.54 Å². The van der Waals surface area contributed by atoms with Crippen LogP contribution in [0.3, 0.4) is 0 Å². The molecule has 0 spiro atoms. The van der Waals surface area contributed by atoms with Crippen LogP contribution in [-0.4, -0.2) is 12.0 Å². The fourth-order valence-corrected chi connectivity index (χ4v) is 2.28. The standard InChI is InChI=1S/C15H14FN3O2/c1-19(8-9-2-4-10(16)5-3-9)13-7-12-14(6-11(13)17)21-15(20)18-12/h2-7H,8,17H2,1H3,(H,18,20). The molecule has 5 nitrogen and oxygen atoms in total. The Kier molecular flexibility index (Phi) is 3.13. The minimum Gasteiger partial charge on any atom is -0.408 e. The molecule has 0 saturated heterocycles. The van der Waals surface area contributed by atoms with Crippen molar-refractivity contribution in [3.63, 3.8) is 0 Å². The summed E-state index contributed by atoms with van der Waals surface area (Å²) in [6.07, 6.45) is 0. The lowest BCUT2D eigenvalue weighted by Crippen LogP contribution is -2.17. The summed E-state index contributed by atoms with van der Waals surface area (Å²) in [5.74, 6) is -0.777. The monoisotopic (exact) mass is 287 g/mol. The van der Waals surface area contributed by atoms with Gasteiger partial charge in [0.25, 0.3) is 0 Å². The summed E-state index contributed by atoms with van der Waals surface area (Å²) in [6, 6.07) is 9.66. The lowest BCUT2D eigenvalue weighted by Gasteiger charge is -2.21. The molecule has 1 heterocycles. The zero-order valence-corrected chi connectivity index (χ0v) is 11.4. The summed E-state index contributed by atoms with van der Waals surface area (Å²) in [4.78, 5) is 15.7. The number of halogens is 1. The highest BCUT2D eigenvalue weighted by atomic mass is 19.1. The van der Waals surface area contributed by atoms with Crippen molar-refractivity contribution in [3.05, 3.63) is 58.3 Å². The number of oxazole rings is 1. The third-order valence-electron chi connectivity index (χ3n) is 3.31. The van der Waals surface area contributed by atoms with Gasteiger partial charge >= 0.3 is 5.76 Å². The average Bonchev–Trinajstić information content (AvgIpc) is 2.79. The van der Waals surface area contributed by atoms with Gasteiger partial charge in [0.15, 0.2) is 5.58 Å². The van der Waals surface area contributed by atoms with E-state index in [0.29, 0.717) is 23.3 Å². The van der Waals surface area contributed by atoms with E-state index in [2.05, 4.69) is 4.98 Å². The second kappa shape index (κ2) is 4.97. The number of hydrogen-bond donors (Lipinski definition) is 2. The molecule has 0 saturated carbocycles. The number of aromatic amines is 1. The van der Waals surface area contributed by atoms with Gasteiger partial charge in [-0.05, 0) is 23.8 Å². The third kappa shape index (κ3) is 2.60. The van der Waals surface area contributed by atoms with E-state index < -0.39 is 5.76 Å². The Bertz CT molecular complexity index is 836. The number of aromatic nitrogens is 1. The molecule has 0 bridgehead atoms. The summed E-state index contributed by atoms with van der Waals surface area (Å²) in [6.45, 7) is 0.568. The summed E-state index contributed by atoms with van der Waals surface area (Å²) >= 11 is 0. The molecule has 0 unspecified atom stereocenters. The number of fused-ring (bicyclic) bond motifs is 1. The third-order valence-corrected chi connectivity index (χ3v) is 3.31. The van der Waals surface area contributed by atoms with Crippen LogP contribution in [0.1, 0.15) is 5.56 Å². The molecule has 3 N–H and O–H groups in total. The highest BCUT2D eigenvalue weighted by Crippen LogP contribution is 2.28. The van der Waals surface area contributed by atoms with Gasteiger partial charge in [-0.1, -0.05) is 12.1 Å². The fraction of sp³-hybridized carbons (Fsp3) is 0.133. The maximum atomic E-state index is 12.9. The summed E-state index contributed by atoms with van der Waals surface area (Å²) in [5, 5.41) is 0. The molecule has 0 atom stereocenters. The normalized spacial score (nSPS) is 11.0. The van der Waals surface area contributed by atoms with Crippen LogP contribution in [0.2, 0.25) is 0 Å². The lowest BCUT2D eigenvalue weighted by atomic mass is 10.2. The summed E-state index contributed by atoms with van der Waals surface area (Å²) in [5.41, 5.74) is 9.25. The molecule has 6 heteroatoms. The number of hydrogen-bond acceptors (Lipinski definition) is 4. The van der Waals surface area contributed by atoms with Crippen LogP contribution in [0.4, 0.5) is 15.8 Å². The van der Waals surface area contributed by atoms with Crippen LogP contribution < -0.4 is 16.4 Å². The van der Waals surface area contributed by atoms with Gasteiger partial charge in [-0.3, -0.25) is 4.98 Å². The molecule has 1 aromatic heterocycles. The predicted octanol–water partition coefficient (Wildman–Crippen LogP) is 2.48. The van der Waals surface area contributed by atoms with Gasteiger partial charge in [0.1, 0.15) is 5.82 Å². The van der Waals surface area contributed by atoms with Crippen molar-refractivity contribution in [3.8, 4) is 0 Å². The molecule has 0 aliphatic heterocycles. The number of nitrogens with two attached hydrogens (primary N) is 1. The largest absolute Gasteiger partial charge is 0.417 e. The Balaban J connectivity index is 1.93. The molecular formula is C15H14FN3O2. The molecule has 0 aliphatic carbocycles. The zero-order valence-electron chi connectivity index (χ0n) is 11.4. The quantitative estimate of drug-likeness (QED) is 0.726. The van der Waals surface area contributed by atoms with E-state index in [1.165, 1.54) is 12.1 Å². The average molecular weight is 287 g/mol. The molecule has 0 amide bonds. The molecule has 0 radical (unpaired) electrons. The Hall–Kier alpha value is -2.76. The van der Waals surface area contributed by atoms with Crippen molar-refractivity contribution in [1.29, 1.82) is 0 Å². The van der Waals surface area contributed by atoms with Gasteiger partial charge < -0.3 is 15.1 Å². The van der Waals surface area contributed by atoms with Gasteiger partial charge in [-0.2, -0.15) is 0 Å². The van der Waals surface area contributed by atoms with Gasteiger partial charge in [0, 0.05) is 19.7 Å². The maximum Gasteiger partial charge on any atom is 0.417 e. The molecule has 0 aliphatic rings. The Labute approximate surface area is 119 Å².